The molecule has 0 saturated carbocycles. The first-order valence-corrected chi connectivity index (χ1v) is 7.30. The van der Waals surface area contributed by atoms with Gasteiger partial charge in [0.1, 0.15) is 6.54 Å². The zero-order valence-electron chi connectivity index (χ0n) is 12.0. The molecular weight excluding hydrogens is 262 g/mol. The van der Waals surface area contributed by atoms with E-state index >= 15 is 0 Å². The van der Waals surface area contributed by atoms with Gasteiger partial charge < -0.3 is 9.64 Å². The molecular formula is C14H21NO3S. The molecule has 4 nitrogen and oxygen atoms in total. The molecule has 1 amide bonds. The van der Waals surface area contributed by atoms with Gasteiger partial charge >= 0.3 is 5.97 Å². The quantitative estimate of drug-likeness (QED) is 0.754. The Kier molecular flexibility index (Phi) is 6.02. The van der Waals surface area contributed by atoms with Crippen LogP contribution in [0.15, 0.2) is 6.07 Å². The lowest BCUT2D eigenvalue weighted by Crippen LogP contribution is -2.36. The summed E-state index contributed by atoms with van der Waals surface area (Å²) in [5.41, 5.74) is 1.20. The van der Waals surface area contributed by atoms with Crippen molar-refractivity contribution in [3.63, 3.8) is 0 Å². The van der Waals surface area contributed by atoms with Crippen LogP contribution in [0.2, 0.25) is 0 Å². The summed E-state index contributed by atoms with van der Waals surface area (Å²) in [5.74, 6) is -0.467. The van der Waals surface area contributed by atoms with Crippen LogP contribution in [0.4, 0.5) is 0 Å². The lowest BCUT2D eigenvalue weighted by atomic mass is 10.2. The maximum absolute atomic E-state index is 12.4. The monoisotopic (exact) mass is 283 g/mol. The molecule has 0 radical (unpaired) electrons. The zero-order valence-corrected chi connectivity index (χ0v) is 12.8. The first-order chi connectivity index (χ1) is 9.03. The van der Waals surface area contributed by atoms with Gasteiger partial charge in [-0.1, -0.05) is 13.8 Å². The number of methoxy groups -OCH3 is 1. The molecule has 0 aliphatic rings. The molecule has 1 aromatic rings. The van der Waals surface area contributed by atoms with Crippen molar-refractivity contribution in [3.8, 4) is 0 Å². The van der Waals surface area contributed by atoms with Crippen LogP contribution in [0.25, 0.3) is 0 Å². The topological polar surface area (TPSA) is 46.6 Å². The Bertz CT molecular complexity index is 454. The predicted octanol–water partition coefficient (Wildman–Crippen LogP) is 2.64. The molecule has 0 N–H and O–H groups in total. The van der Waals surface area contributed by atoms with Crippen LogP contribution in [0.1, 0.15) is 40.4 Å². The minimum absolute atomic E-state index is 0.0155. The third-order valence-corrected chi connectivity index (χ3v) is 4.02. The molecule has 0 atom stereocenters. The van der Waals surface area contributed by atoms with Crippen LogP contribution < -0.4 is 0 Å². The molecule has 0 bridgehead atoms. The number of hydrogen-bond donors (Lipinski definition) is 0. The summed E-state index contributed by atoms with van der Waals surface area (Å²) in [6.45, 7) is 6.65. The molecule has 1 heterocycles. The van der Waals surface area contributed by atoms with Crippen molar-refractivity contribution in [1.82, 2.24) is 4.90 Å². The van der Waals surface area contributed by atoms with Crippen LogP contribution >= 0.6 is 11.3 Å². The maximum Gasteiger partial charge on any atom is 0.325 e. The first-order valence-electron chi connectivity index (χ1n) is 6.48. The van der Waals surface area contributed by atoms with E-state index in [0.29, 0.717) is 11.4 Å². The molecule has 0 aliphatic heterocycles. The van der Waals surface area contributed by atoms with Crippen molar-refractivity contribution in [2.24, 2.45) is 0 Å². The Morgan fingerprint density at radius 1 is 1.37 bits per heavy atom. The molecule has 0 spiro atoms. The summed E-state index contributed by atoms with van der Waals surface area (Å²) >= 11 is 1.49. The van der Waals surface area contributed by atoms with Crippen molar-refractivity contribution in [2.45, 2.75) is 33.6 Å². The average molecular weight is 283 g/mol. The summed E-state index contributed by atoms with van der Waals surface area (Å²) in [6.07, 6.45) is 1.73. The minimum atomic E-state index is -0.384. The van der Waals surface area contributed by atoms with E-state index in [-0.39, 0.29) is 18.4 Å². The number of amides is 1. The second-order valence-corrected chi connectivity index (χ2v) is 5.60. The Hall–Kier alpha value is -1.36. The first kappa shape index (κ1) is 15.7. The Morgan fingerprint density at radius 3 is 2.53 bits per heavy atom. The summed E-state index contributed by atoms with van der Waals surface area (Å²) in [6, 6.07) is 1.93. The fourth-order valence-corrected chi connectivity index (χ4v) is 2.96. The number of hydrogen-bond acceptors (Lipinski definition) is 4. The second kappa shape index (κ2) is 7.28. The zero-order chi connectivity index (χ0) is 14.4. The summed E-state index contributed by atoms with van der Waals surface area (Å²) in [5, 5.41) is 0. The van der Waals surface area contributed by atoms with Gasteiger partial charge in [-0.25, -0.2) is 0 Å². The van der Waals surface area contributed by atoms with Gasteiger partial charge in [0.25, 0.3) is 5.91 Å². The van der Waals surface area contributed by atoms with Crippen LogP contribution in [0.3, 0.4) is 0 Å². The fourth-order valence-electron chi connectivity index (χ4n) is 1.87. The number of ether oxygens (including phenoxy) is 1. The molecule has 0 aromatic carbocycles. The van der Waals surface area contributed by atoms with Gasteiger partial charge in [-0.15, -0.1) is 11.3 Å². The largest absolute Gasteiger partial charge is 0.468 e. The third-order valence-electron chi connectivity index (χ3n) is 2.94. The van der Waals surface area contributed by atoms with Gasteiger partial charge in [-0.3, -0.25) is 9.59 Å². The molecule has 19 heavy (non-hydrogen) atoms. The van der Waals surface area contributed by atoms with E-state index in [0.717, 1.165) is 12.8 Å². The van der Waals surface area contributed by atoms with Gasteiger partial charge in [0.05, 0.1) is 12.0 Å². The molecule has 0 saturated heterocycles. The van der Waals surface area contributed by atoms with Crippen molar-refractivity contribution < 1.29 is 14.3 Å². The number of nitrogens with zero attached hydrogens (tertiary/aromatic N) is 1. The van der Waals surface area contributed by atoms with Crippen molar-refractivity contribution in [2.75, 3.05) is 20.2 Å². The number of rotatable bonds is 6. The highest BCUT2D eigenvalue weighted by Gasteiger charge is 2.20. The fraction of sp³-hybridized carbons (Fsp3) is 0.571. The maximum atomic E-state index is 12.4. The highest BCUT2D eigenvalue weighted by molar-refractivity contribution is 7.14. The van der Waals surface area contributed by atoms with E-state index < -0.39 is 0 Å². The molecule has 5 heteroatoms. The van der Waals surface area contributed by atoms with Gasteiger partial charge in [0, 0.05) is 11.4 Å². The summed E-state index contributed by atoms with van der Waals surface area (Å²) < 4.78 is 4.63. The van der Waals surface area contributed by atoms with Gasteiger partial charge in [0.2, 0.25) is 0 Å². The number of carbonyl (C=O) groups excluding carboxylic acids is 2. The molecule has 0 fully saturated rings. The number of esters is 1. The normalized spacial score (nSPS) is 10.3. The second-order valence-electron chi connectivity index (χ2n) is 4.35. The molecule has 0 aliphatic carbocycles. The smallest absolute Gasteiger partial charge is 0.325 e. The van der Waals surface area contributed by atoms with E-state index in [9.17, 15) is 9.59 Å². The van der Waals surface area contributed by atoms with Crippen LogP contribution in [0, 0.1) is 6.92 Å². The number of aryl methyl sites for hydroxylation is 2. The van der Waals surface area contributed by atoms with Crippen molar-refractivity contribution in [3.05, 3.63) is 21.4 Å². The molecule has 106 valence electrons. The SMILES string of the molecule is CCCN(CC(=O)OC)C(=O)c1cc(CC)c(C)s1. The van der Waals surface area contributed by atoms with E-state index in [1.807, 2.05) is 19.9 Å². The van der Waals surface area contributed by atoms with E-state index in [1.165, 1.54) is 28.9 Å². The van der Waals surface area contributed by atoms with Crippen LogP contribution in [0.5, 0.6) is 0 Å². The Labute approximate surface area is 118 Å². The third kappa shape index (κ3) is 4.06. The highest BCUT2D eigenvalue weighted by atomic mass is 32.1. The van der Waals surface area contributed by atoms with E-state index in [4.69, 9.17) is 0 Å². The van der Waals surface area contributed by atoms with E-state index in [2.05, 4.69) is 11.7 Å². The molecule has 1 aromatic heterocycles. The lowest BCUT2D eigenvalue weighted by molar-refractivity contribution is -0.141. The highest BCUT2D eigenvalue weighted by Crippen LogP contribution is 2.23. The van der Waals surface area contributed by atoms with Gasteiger partial charge in [0.15, 0.2) is 0 Å². The summed E-state index contributed by atoms with van der Waals surface area (Å²) in [4.78, 5) is 27.2. The van der Waals surface area contributed by atoms with Crippen molar-refractivity contribution >= 4 is 23.2 Å². The number of thiophene rings is 1. The molecule has 0 unspecified atom stereocenters. The average Bonchev–Trinajstić information content (AvgIpc) is 2.78. The standard InChI is InChI=1S/C14H21NO3S/c1-5-7-15(9-13(16)18-4)14(17)12-8-11(6-2)10(3)19-12/h8H,5-7,9H2,1-4H3. The lowest BCUT2D eigenvalue weighted by Gasteiger charge is -2.19. The van der Waals surface area contributed by atoms with Gasteiger partial charge in [-0.2, -0.15) is 0 Å². The minimum Gasteiger partial charge on any atom is -0.468 e. The predicted molar refractivity (Wildman–Crippen MR) is 76.6 cm³/mol. The Morgan fingerprint density at radius 2 is 2.05 bits per heavy atom. The van der Waals surface area contributed by atoms with E-state index in [1.54, 1.807) is 4.90 Å². The number of carbonyl (C=O) groups is 2. The van der Waals surface area contributed by atoms with Crippen molar-refractivity contribution in [1.29, 1.82) is 0 Å². The summed E-state index contributed by atoms with van der Waals surface area (Å²) in [7, 11) is 1.33. The van der Waals surface area contributed by atoms with Crippen LogP contribution in [-0.2, 0) is 16.0 Å². The Balaban J connectivity index is 2.88. The van der Waals surface area contributed by atoms with Gasteiger partial charge in [-0.05, 0) is 31.4 Å². The molecule has 1 rings (SSSR count). The van der Waals surface area contributed by atoms with Crippen LogP contribution in [-0.4, -0.2) is 37.0 Å².